The molecule has 0 N–H and O–H groups in total. The highest BCUT2D eigenvalue weighted by atomic mass is 16.5. The highest BCUT2D eigenvalue weighted by molar-refractivity contribution is 5.89. The van der Waals surface area contributed by atoms with E-state index in [0.29, 0.717) is 47.5 Å². The molecule has 0 fully saturated rings. The molecule has 0 atom stereocenters. The van der Waals surface area contributed by atoms with E-state index >= 15 is 0 Å². The number of fused-ring (bicyclic) bond motifs is 1. The van der Waals surface area contributed by atoms with Gasteiger partial charge in [0.1, 0.15) is 11.3 Å². The van der Waals surface area contributed by atoms with Gasteiger partial charge in [0.2, 0.25) is 0 Å². The summed E-state index contributed by atoms with van der Waals surface area (Å²) in [6, 6.07) is 14.1. The summed E-state index contributed by atoms with van der Waals surface area (Å²) in [6.45, 7) is 10.9. The predicted octanol–water partition coefficient (Wildman–Crippen LogP) is 5.46. The molecular formula is C27H28O6. The lowest BCUT2D eigenvalue weighted by molar-refractivity contribution is -0.153. The van der Waals surface area contributed by atoms with Gasteiger partial charge in [-0.15, -0.1) is 0 Å². The zero-order valence-electron chi connectivity index (χ0n) is 19.4. The molecule has 0 saturated carbocycles. The standard InChI is InChI=1S/C27H28O6/c1-17(2)24(28)32-21-12-10-19(11-13-21)22-16-20-9-8-18(15-23(20)33-25(22)29)7-6-14-31-26(30)27(3,4)5/h8-13,15-16H,1,6-7,14H2,2-5H3. The number of rotatable bonds is 7. The highest BCUT2D eigenvalue weighted by Crippen LogP contribution is 2.25. The van der Waals surface area contributed by atoms with E-state index in [2.05, 4.69) is 6.58 Å². The molecule has 0 amide bonds. The Balaban J connectivity index is 1.71. The third kappa shape index (κ3) is 6.19. The van der Waals surface area contributed by atoms with Crippen molar-refractivity contribution < 1.29 is 23.5 Å². The lowest BCUT2D eigenvalue weighted by atomic mass is 9.97. The third-order valence-electron chi connectivity index (χ3n) is 4.98. The van der Waals surface area contributed by atoms with Crippen molar-refractivity contribution in [1.82, 2.24) is 0 Å². The van der Waals surface area contributed by atoms with Gasteiger partial charge in [-0.25, -0.2) is 9.59 Å². The monoisotopic (exact) mass is 448 g/mol. The number of ether oxygens (including phenoxy) is 2. The van der Waals surface area contributed by atoms with Crippen molar-refractivity contribution in [1.29, 1.82) is 0 Å². The van der Waals surface area contributed by atoms with Crippen LogP contribution < -0.4 is 10.4 Å². The second-order valence-electron chi connectivity index (χ2n) is 9.00. The van der Waals surface area contributed by atoms with Gasteiger partial charge in [0.25, 0.3) is 0 Å². The lowest BCUT2D eigenvalue weighted by Crippen LogP contribution is -2.23. The van der Waals surface area contributed by atoms with Crippen LogP contribution in [0.2, 0.25) is 0 Å². The van der Waals surface area contributed by atoms with E-state index in [9.17, 15) is 14.4 Å². The molecule has 6 heteroatoms. The number of carbonyl (C=O) groups is 2. The molecule has 3 aromatic rings. The van der Waals surface area contributed by atoms with E-state index in [4.69, 9.17) is 13.9 Å². The van der Waals surface area contributed by atoms with Gasteiger partial charge in [0.05, 0.1) is 17.6 Å². The molecule has 0 bridgehead atoms. The fourth-order valence-electron chi connectivity index (χ4n) is 3.07. The summed E-state index contributed by atoms with van der Waals surface area (Å²) in [5.74, 6) is -0.354. The molecule has 1 aromatic heterocycles. The number of aryl methyl sites for hydroxylation is 1. The van der Waals surface area contributed by atoms with E-state index in [1.54, 1.807) is 37.3 Å². The maximum atomic E-state index is 12.6. The van der Waals surface area contributed by atoms with Crippen LogP contribution in [-0.4, -0.2) is 18.5 Å². The van der Waals surface area contributed by atoms with Gasteiger partial charge in [0.15, 0.2) is 0 Å². The second-order valence-corrected chi connectivity index (χ2v) is 9.00. The van der Waals surface area contributed by atoms with Crippen molar-refractivity contribution in [3.63, 3.8) is 0 Å². The summed E-state index contributed by atoms with van der Waals surface area (Å²) in [5.41, 5.74) is 1.91. The van der Waals surface area contributed by atoms with Crippen LogP contribution >= 0.6 is 0 Å². The number of carbonyl (C=O) groups excluding carboxylic acids is 2. The molecule has 0 saturated heterocycles. The molecule has 3 rings (SSSR count). The van der Waals surface area contributed by atoms with Crippen molar-refractivity contribution in [2.75, 3.05) is 6.61 Å². The average Bonchev–Trinajstić information content (AvgIpc) is 2.76. The summed E-state index contributed by atoms with van der Waals surface area (Å²) in [4.78, 5) is 36.1. The van der Waals surface area contributed by atoms with Crippen LogP contribution in [0.25, 0.3) is 22.1 Å². The van der Waals surface area contributed by atoms with E-state index in [0.717, 1.165) is 10.9 Å². The van der Waals surface area contributed by atoms with Crippen molar-refractivity contribution in [2.45, 2.75) is 40.5 Å². The summed E-state index contributed by atoms with van der Waals surface area (Å²) in [7, 11) is 0. The maximum Gasteiger partial charge on any atom is 0.344 e. The van der Waals surface area contributed by atoms with Crippen molar-refractivity contribution in [2.24, 2.45) is 5.41 Å². The molecule has 2 aromatic carbocycles. The van der Waals surface area contributed by atoms with Crippen LogP contribution in [-0.2, 0) is 20.7 Å². The number of hydrogen-bond donors (Lipinski definition) is 0. The highest BCUT2D eigenvalue weighted by Gasteiger charge is 2.22. The van der Waals surface area contributed by atoms with E-state index in [-0.39, 0.29) is 5.97 Å². The summed E-state index contributed by atoms with van der Waals surface area (Å²) >= 11 is 0. The van der Waals surface area contributed by atoms with Gasteiger partial charge < -0.3 is 13.9 Å². The van der Waals surface area contributed by atoms with Gasteiger partial charge in [-0.1, -0.05) is 30.8 Å². The van der Waals surface area contributed by atoms with Crippen LogP contribution in [0.4, 0.5) is 0 Å². The largest absolute Gasteiger partial charge is 0.465 e. The SMILES string of the molecule is C=C(C)C(=O)Oc1ccc(-c2cc3ccc(CCCOC(=O)C(C)(C)C)cc3oc2=O)cc1. The Bertz CT molecular complexity index is 1240. The van der Waals surface area contributed by atoms with Crippen LogP contribution in [0.1, 0.15) is 39.7 Å². The molecule has 0 spiro atoms. The Morgan fingerprint density at radius 2 is 1.73 bits per heavy atom. The van der Waals surface area contributed by atoms with Gasteiger partial charge in [-0.05, 0) is 75.9 Å². The van der Waals surface area contributed by atoms with Crippen LogP contribution in [0, 0.1) is 5.41 Å². The fourth-order valence-corrected chi connectivity index (χ4v) is 3.07. The zero-order chi connectivity index (χ0) is 24.2. The molecule has 0 aliphatic carbocycles. The average molecular weight is 449 g/mol. The minimum Gasteiger partial charge on any atom is -0.465 e. The molecule has 0 aliphatic heterocycles. The van der Waals surface area contributed by atoms with E-state index in [1.165, 1.54) is 0 Å². The molecule has 172 valence electrons. The minimum absolute atomic E-state index is 0.221. The Labute approximate surface area is 192 Å². The van der Waals surface area contributed by atoms with Gasteiger partial charge >= 0.3 is 17.6 Å². The molecule has 0 radical (unpaired) electrons. The van der Waals surface area contributed by atoms with E-state index in [1.807, 2.05) is 39.0 Å². The number of esters is 2. The Morgan fingerprint density at radius 1 is 1.03 bits per heavy atom. The quantitative estimate of drug-likeness (QED) is 0.157. The Hall–Kier alpha value is -3.67. The van der Waals surface area contributed by atoms with Crippen molar-refractivity contribution in [3.8, 4) is 16.9 Å². The predicted molar refractivity (Wildman–Crippen MR) is 127 cm³/mol. The first kappa shape index (κ1) is 24.0. The van der Waals surface area contributed by atoms with Crippen molar-refractivity contribution in [3.05, 3.63) is 76.7 Å². The first-order valence-electron chi connectivity index (χ1n) is 10.8. The summed E-state index contributed by atoms with van der Waals surface area (Å²) in [5, 5.41) is 0.797. The third-order valence-corrected chi connectivity index (χ3v) is 4.98. The first-order valence-corrected chi connectivity index (χ1v) is 10.8. The number of hydrogen-bond acceptors (Lipinski definition) is 6. The van der Waals surface area contributed by atoms with Crippen molar-refractivity contribution >= 4 is 22.9 Å². The lowest BCUT2D eigenvalue weighted by Gasteiger charge is -2.16. The zero-order valence-corrected chi connectivity index (χ0v) is 19.4. The number of benzene rings is 2. The fraction of sp³-hybridized carbons (Fsp3) is 0.296. The molecule has 1 heterocycles. The van der Waals surface area contributed by atoms with Gasteiger partial charge in [-0.3, -0.25) is 4.79 Å². The summed E-state index contributed by atoms with van der Waals surface area (Å²) in [6.07, 6.45) is 1.38. The topological polar surface area (TPSA) is 82.8 Å². The molecule has 6 nitrogen and oxygen atoms in total. The normalized spacial score (nSPS) is 11.3. The second kappa shape index (κ2) is 9.86. The summed E-state index contributed by atoms with van der Waals surface area (Å²) < 4.78 is 16.0. The molecular weight excluding hydrogens is 420 g/mol. The Morgan fingerprint density at radius 3 is 2.36 bits per heavy atom. The minimum atomic E-state index is -0.514. The van der Waals surface area contributed by atoms with Crippen LogP contribution in [0.3, 0.4) is 0 Å². The smallest absolute Gasteiger partial charge is 0.344 e. The molecule has 0 unspecified atom stereocenters. The maximum absolute atomic E-state index is 12.6. The Kier molecular flexibility index (Phi) is 7.16. The molecule has 33 heavy (non-hydrogen) atoms. The first-order chi connectivity index (χ1) is 15.5. The van der Waals surface area contributed by atoms with Crippen LogP contribution in [0.15, 0.2) is 69.9 Å². The van der Waals surface area contributed by atoms with Crippen LogP contribution in [0.5, 0.6) is 5.75 Å². The van der Waals surface area contributed by atoms with Gasteiger partial charge in [-0.2, -0.15) is 0 Å². The van der Waals surface area contributed by atoms with E-state index < -0.39 is 17.0 Å². The molecule has 0 aliphatic rings. The van der Waals surface area contributed by atoms with Gasteiger partial charge in [0, 0.05) is 11.0 Å².